The number of ether oxygens (including phenoxy) is 6. The number of amides is 1. The Balaban J connectivity index is 1.41. The van der Waals surface area contributed by atoms with Crippen LogP contribution >= 0.6 is 0 Å². The van der Waals surface area contributed by atoms with Gasteiger partial charge in [-0.1, -0.05) is 243 Å². The van der Waals surface area contributed by atoms with Crippen molar-refractivity contribution in [2.45, 2.75) is 324 Å². The van der Waals surface area contributed by atoms with E-state index in [1.54, 1.807) is 6.08 Å². The predicted octanol–water partition coefficient (Wildman–Crippen LogP) is 11.5. The Hall–Kier alpha value is -4.33. The third-order valence-electron chi connectivity index (χ3n) is 17.6. The van der Waals surface area contributed by atoms with Gasteiger partial charge in [-0.25, -0.2) is 0 Å². The topological polar surface area (TPSA) is 307 Å². The van der Waals surface area contributed by atoms with Gasteiger partial charge >= 0.3 is 0 Å². The minimum absolute atomic E-state index is 0.209. The number of hydrogen-bond acceptors (Lipinski definition) is 18. The Morgan fingerprint density at radius 2 is 0.707 bits per heavy atom. The van der Waals surface area contributed by atoms with Crippen molar-refractivity contribution in [3.8, 4) is 0 Å². The summed E-state index contributed by atoms with van der Waals surface area (Å²) in [6.45, 7) is 1.56. The lowest BCUT2D eigenvalue weighted by molar-refractivity contribution is -0.379. The van der Waals surface area contributed by atoms with Gasteiger partial charge in [0.15, 0.2) is 18.9 Å². The highest BCUT2D eigenvalue weighted by molar-refractivity contribution is 5.76. The summed E-state index contributed by atoms with van der Waals surface area (Å²) in [5.74, 6) is -0.307. The van der Waals surface area contributed by atoms with Crippen molar-refractivity contribution in [1.29, 1.82) is 0 Å². The Morgan fingerprint density at radius 3 is 1.13 bits per heavy atom. The number of unbranched alkanes of at least 4 members (excludes halogenated alkanes) is 18. The van der Waals surface area contributed by atoms with Gasteiger partial charge in [0.2, 0.25) is 5.91 Å². The van der Waals surface area contributed by atoms with Crippen LogP contribution in [0, 0.1) is 0 Å². The van der Waals surface area contributed by atoms with Gasteiger partial charge in [-0.15, -0.1) is 0 Å². The highest BCUT2D eigenvalue weighted by Crippen LogP contribution is 2.33. The molecule has 3 saturated heterocycles. The van der Waals surface area contributed by atoms with E-state index in [4.69, 9.17) is 28.4 Å². The van der Waals surface area contributed by atoms with Crippen molar-refractivity contribution >= 4 is 5.91 Å². The lowest BCUT2D eigenvalue weighted by atomic mass is 9.96. The first-order valence-electron chi connectivity index (χ1n) is 37.6. The maximum Gasteiger partial charge on any atom is 0.220 e. The van der Waals surface area contributed by atoms with Crippen molar-refractivity contribution in [2.75, 3.05) is 26.4 Å². The van der Waals surface area contributed by atoms with Gasteiger partial charge < -0.3 is 89.9 Å². The number of carbonyl (C=O) groups is 1. The molecule has 3 heterocycles. The van der Waals surface area contributed by atoms with Gasteiger partial charge in [0.25, 0.3) is 0 Å². The van der Waals surface area contributed by atoms with E-state index in [1.807, 2.05) is 6.08 Å². The van der Waals surface area contributed by atoms with Crippen LogP contribution in [0.2, 0.25) is 0 Å². The maximum atomic E-state index is 13.4. The molecule has 0 radical (unpaired) electrons. The van der Waals surface area contributed by atoms with Crippen LogP contribution in [0.15, 0.2) is 146 Å². The summed E-state index contributed by atoms with van der Waals surface area (Å²) >= 11 is 0. The molecule has 0 aromatic carbocycles. The highest BCUT2D eigenvalue weighted by Gasteiger charge is 2.53. The van der Waals surface area contributed by atoms with Crippen LogP contribution in [-0.4, -0.2) is 193 Å². The summed E-state index contributed by atoms with van der Waals surface area (Å²) in [5, 5.41) is 121. The Kier molecular flexibility index (Phi) is 53.1. The molecule has 0 saturated carbocycles. The second-order valence-corrected chi connectivity index (χ2v) is 26.0. The van der Waals surface area contributed by atoms with Crippen LogP contribution in [0.5, 0.6) is 0 Å². The van der Waals surface area contributed by atoms with Crippen LogP contribution in [0.1, 0.15) is 219 Å². The molecule has 3 aliphatic rings. The van der Waals surface area contributed by atoms with E-state index in [1.165, 1.54) is 57.8 Å². The quantitative estimate of drug-likeness (QED) is 0.0199. The van der Waals surface area contributed by atoms with E-state index in [0.29, 0.717) is 12.8 Å². The predicted molar refractivity (Wildman–Crippen MR) is 392 cm³/mol. The standard InChI is InChI=1S/C80H131NO18/c1-3-5-7-9-11-13-15-17-19-21-23-24-25-26-27-28-29-30-31-32-33-34-35-36-37-38-40-42-44-46-48-50-52-54-56-58-68(86)81-63(64(85)57-55-53-51-49-47-45-43-41-39-22-20-18-16-14-12-10-8-6-4-2)62-94-78-74(92)71(89)76(66(60-83)96-78)99-80-75(93)72(90)77(67(61-84)97-80)98-79-73(91)70(88)69(87)65(59-82)95-79/h5,7,11,13,17,19,23-24,26-27,29-30,32-33,35-36,38-41,47,49,55,57,63-67,69-80,82-85,87-93H,3-4,6,8-10,12,14-16,18,20-22,25,28,31,34,37,42-46,48,50-54,56,58-62H2,1-2H3,(H,81,86)/b7-5-,13-11-,19-17-,24-23-,27-26-,30-29-,33-32-,36-35-,40-38-,41-39+,49-47+,57-55+. The molecule has 17 unspecified atom stereocenters. The molecule has 0 aromatic heterocycles. The van der Waals surface area contributed by atoms with E-state index in [0.717, 1.165) is 128 Å². The largest absolute Gasteiger partial charge is 0.394 e. The first-order chi connectivity index (χ1) is 48.3. The van der Waals surface area contributed by atoms with E-state index < -0.39 is 124 Å². The number of hydrogen-bond donors (Lipinski definition) is 12. The van der Waals surface area contributed by atoms with Gasteiger partial charge in [0, 0.05) is 6.42 Å². The van der Waals surface area contributed by atoms with E-state index >= 15 is 0 Å². The van der Waals surface area contributed by atoms with E-state index in [2.05, 4.69) is 153 Å². The number of carbonyl (C=O) groups excluding carboxylic acids is 1. The molecule has 19 heteroatoms. The maximum absolute atomic E-state index is 13.4. The average molecular weight is 1390 g/mol. The molecule has 3 rings (SSSR count). The Bertz CT molecular complexity index is 2360. The lowest BCUT2D eigenvalue weighted by Gasteiger charge is -2.48. The molecule has 3 fully saturated rings. The number of allylic oxidation sites excluding steroid dienone is 23. The Labute approximate surface area is 593 Å². The summed E-state index contributed by atoms with van der Waals surface area (Å²) in [6, 6.07) is -1.01. The monoisotopic (exact) mass is 1390 g/mol. The van der Waals surface area contributed by atoms with E-state index in [-0.39, 0.29) is 18.9 Å². The molecule has 3 aliphatic heterocycles. The Morgan fingerprint density at radius 1 is 0.374 bits per heavy atom. The zero-order chi connectivity index (χ0) is 71.8. The fourth-order valence-corrected chi connectivity index (χ4v) is 11.6. The summed E-state index contributed by atoms with van der Waals surface area (Å²) in [7, 11) is 0. The fraction of sp³-hybridized carbons (Fsp3) is 0.688. The fourth-order valence-electron chi connectivity index (χ4n) is 11.6. The molecule has 564 valence electrons. The van der Waals surface area contributed by atoms with Crippen LogP contribution in [-0.2, 0) is 33.2 Å². The zero-order valence-corrected chi connectivity index (χ0v) is 59.9. The van der Waals surface area contributed by atoms with Gasteiger partial charge in [0.05, 0.1) is 38.6 Å². The normalized spacial score (nSPS) is 27.5. The summed E-state index contributed by atoms with van der Waals surface area (Å²) in [6.07, 6.45) is 58.2. The number of aliphatic hydroxyl groups excluding tert-OH is 11. The minimum Gasteiger partial charge on any atom is -0.394 e. The lowest BCUT2D eigenvalue weighted by Crippen LogP contribution is -2.66. The first-order valence-corrected chi connectivity index (χ1v) is 37.6. The second kappa shape index (κ2) is 59.1. The summed E-state index contributed by atoms with van der Waals surface area (Å²) < 4.78 is 34.3. The van der Waals surface area contributed by atoms with Crippen molar-refractivity contribution in [2.24, 2.45) is 0 Å². The first kappa shape index (κ1) is 88.9. The number of nitrogens with one attached hydrogen (secondary N) is 1. The molecule has 0 spiro atoms. The third kappa shape index (κ3) is 39.8. The van der Waals surface area contributed by atoms with Gasteiger partial charge in [0.1, 0.15) is 73.2 Å². The van der Waals surface area contributed by atoms with Crippen molar-refractivity contribution in [3.63, 3.8) is 0 Å². The molecule has 1 amide bonds. The average Bonchev–Trinajstić information content (AvgIpc) is 0.784. The number of aliphatic hydroxyl groups is 11. The molecule has 99 heavy (non-hydrogen) atoms. The van der Waals surface area contributed by atoms with Gasteiger partial charge in [-0.05, 0) is 116 Å². The van der Waals surface area contributed by atoms with Gasteiger partial charge in [-0.2, -0.15) is 0 Å². The molecule has 0 bridgehead atoms. The molecular weight excluding hydrogens is 1260 g/mol. The minimum atomic E-state index is -1.99. The molecule has 12 N–H and O–H groups in total. The van der Waals surface area contributed by atoms with Crippen molar-refractivity contribution < 1.29 is 89.4 Å². The number of rotatable bonds is 56. The van der Waals surface area contributed by atoms with Crippen LogP contribution in [0.4, 0.5) is 0 Å². The summed E-state index contributed by atoms with van der Waals surface area (Å²) in [4.78, 5) is 13.4. The van der Waals surface area contributed by atoms with Crippen molar-refractivity contribution in [3.05, 3.63) is 146 Å². The third-order valence-corrected chi connectivity index (χ3v) is 17.6. The summed E-state index contributed by atoms with van der Waals surface area (Å²) in [5.41, 5.74) is 0. The highest BCUT2D eigenvalue weighted by atomic mass is 16.8. The zero-order valence-electron chi connectivity index (χ0n) is 59.9. The van der Waals surface area contributed by atoms with Crippen LogP contribution < -0.4 is 5.32 Å². The molecule has 19 nitrogen and oxygen atoms in total. The van der Waals surface area contributed by atoms with E-state index in [9.17, 15) is 61.0 Å². The van der Waals surface area contributed by atoms with Crippen LogP contribution in [0.3, 0.4) is 0 Å². The van der Waals surface area contributed by atoms with Crippen molar-refractivity contribution in [1.82, 2.24) is 5.32 Å². The van der Waals surface area contributed by atoms with Crippen LogP contribution in [0.25, 0.3) is 0 Å². The molecule has 17 atom stereocenters. The van der Waals surface area contributed by atoms with Gasteiger partial charge in [-0.3, -0.25) is 4.79 Å². The molecule has 0 aromatic rings. The molecular formula is C80H131NO18. The SMILES string of the molecule is CC/C=C\C/C=C\C/C=C\C/C=C\C/C=C\C/C=C\C/C=C\C/C=C\C/C=C\CCCCCCCCCC(=O)NC(COC1OC(CO)C(OC2OC(CO)C(OC3OC(CO)C(O)C(O)C3O)C(O)C2O)C(O)C1O)C(O)/C=C/CC/C=C/CC/C=C/CCCCCCCCCCC. The second-order valence-electron chi connectivity index (χ2n) is 26.0. The smallest absolute Gasteiger partial charge is 0.220 e. The molecule has 0 aliphatic carbocycles.